The second kappa shape index (κ2) is 10.6. The third-order valence-electron chi connectivity index (χ3n) is 5.89. The highest BCUT2D eigenvalue weighted by molar-refractivity contribution is 5.85. The van der Waals surface area contributed by atoms with Gasteiger partial charge in [0, 0.05) is 19.6 Å². The fraction of sp³-hybridized carbons (Fsp3) is 0.400. The zero-order valence-electron chi connectivity index (χ0n) is 17.3. The number of nitrogens with zero attached hydrogens (tertiary/aromatic N) is 1. The van der Waals surface area contributed by atoms with Crippen LogP contribution in [0.25, 0.3) is 6.08 Å². The van der Waals surface area contributed by atoms with Gasteiger partial charge in [0.1, 0.15) is 5.75 Å². The molecule has 1 N–H and O–H groups in total. The van der Waals surface area contributed by atoms with Crippen molar-refractivity contribution >= 4 is 24.5 Å². The highest BCUT2D eigenvalue weighted by Crippen LogP contribution is 2.29. The maximum Gasteiger partial charge on any atom is 0.309 e. The first-order valence-corrected chi connectivity index (χ1v) is 10.6. The molecule has 1 saturated heterocycles. The van der Waals surface area contributed by atoms with Gasteiger partial charge in [-0.3, -0.25) is 9.69 Å². The molecule has 30 heavy (non-hydrogen) atoms. The number of fused-ring (bicyclic) bond motifs is 1. The van der Waals surface area contributed by atoms with Crippen molar-refractivity contribution < 1.29 is 14.6 Å². The van der Waals surface area contributed by atoms with Crippen molar-refractivity contribution in [3.63, 3.8) is 0 Å². The van der Waals surface area contributed by atoms with E-state index in [9.17, 15) is 4.79 Å². The van der Waals surface area contributed by atoms with Gasteiger partial charge in [-0.15, -0.1) is 12.4 Å². The quantitative estimate of drug-likeness (QED) is 0.581. The number of carboxylic acid groups (broad SMARTS) is 1. The van der Waals surface area contributed by atoms with Crippen LogP contribution in [0.3, 0.4) is 0 Å². The van der Waals surface area contributed by atoms with Crippen molar-refractivity contribution in [2.45, 2.75) is 32.1 Å². The topological polar surface area (TPSA) is 49.8 Å². The van der Waals surface area contributed by atoms with Gasteiger partial charge >= 0.3 is 5.97 Å². The Morgan fingerprint density at radius 3 is 2.63 bits per heavy atom. The lowest BCUT2D eigenvalue weighted by Crippen LogP contribution is -2.50. The maximum absolute atomic E-state index is 10.9. The van der Waals surface area contributed by atoms with Gasteiger partial charge in [-0.1, -0.05) is 48.0 Å². The Balaban J connectivity index is 0.00000256. The molecule has 2 aliphatic rings. The summed E-state index contributed by atoms with van der Waals surface area (Å²) in [4.78, 5) is 13.2. The molecule has 4 rings (SSSR count). The second-order valence-corrected chi connectivity index (χ2v) is 8.18. The number of aliphatic carboxylic acids is 1. The minimum Gasteiger partial charge on any atom is -0.494 e. The van der Waals surface area contributed by atoms with Crippen LogP contribution < -0.4 is 4.74 Å². The number of ether oxygens (including phenoxy) is 1. The Morgan fingerprint density at radius 1 is 1.07 bits per heavy atom. The van der Waals surface area contributed by atoms with Gasteiger partial charge in [0.15, 0.2) is 0 Å². The lowest BCUT2D eigenvalue weighted by Gasteiger charge is -2.37. The highest BCUT2D eigenvalue weighted by atomic mass is 35.5. The van der Waals surface area contributed by atoms with Crippen LogP contribution in [0.2, 0.25) is 0 Å². The van der Waals surface area contributed by atoms with Crippen molar-refractivity contribution in [2.24, 2.45) is 5.92 Å². The molecule has 1 aliphatic carbocycles. The normalized spacial score (nSPS) is 16.1. The summed E-state index contributed by atoms with van der Waals surface area (Å²) in [7, 11) is 0. The van der Waals surface area contributed by atoms with Crippen LogP contribution in [0, 0.1) is 5.92 Å². The van der Waals surface area contributed by atoms with Crippen LogP contribution in [0.1, 0.15) is 36.0 Å². The molecular formula is C25H30ClNO3. The van der Waals surface area contributed by atoms with E-state index in [1.807, 2.05) is 0 Å². The fourth-order valence-electron chi connectivity index (χ4n) is 4.15. The van der Waals surface area contributed by atoms with E-state index in [1.54, 1.807) is 0 Å². The lowest BCUT2D eigenvalue weighted by atomic mass is 9.90. The number of aryl methyl sites for hydroxylation is 2. The smallest absolute Gasteiger partial charge is 0.309 e. The Morgan fingerprint density at radius 2 is 1.87 bits per heavy atom. The monoisotopic (exact) mass is 427 g/mol. The van der Waals surface area contributed by atoms with Crippen molar-refractivity contribution in [3.05, 3.63) is 70.8 Å². The third-order valence-corrected chi connectivity index (χ3v) is 5.89. The number of carboxylic acids is 1. The summed E-state index contributed by atoms with van der Waals surface area (Å²) in [5, 5.41) is 9.00. The number of benzene rings is 2. The molecule has 0 radical (unpaired) electrons. The summed E-state index contributed by atoms with van der Waals surface area (Å²) in [5.41, 5.74) is 5.41. The summed E-state index contributed by atoms with van der Waals surface area (Å²) in [6.45, 7) is 3.00. The molecule has 5 heteroatoms. The zero-order valence-corrected chi connectivity index (χ0v) is 18.1. The third kappa shape index (κ3) is 5.87. The molecule has 2 aromatic carbocycles. The summed E-state index contributed by atoms with van der Waals surface area (Å²) >= 11 is 0. The fourth-order valence-corrected chi connectivity index (χ4v) is 4.15. The number of unbranched alkanes of at least 4 members (excludes halogenated alkanes) is 1. The van der Waals surface area contributed by atoms with Crippen LogP contribution in [0.4, 0.5) is 0 Å². The molecule has 4 nitrogen and oxygen atoms in total. The molecular weight excluding hydrogens is 398 g/mol. The standard InChI is InChI=1S/C25H29NO3.ClH/c27-25(28)23-17-26(18-23)16-20-9-10-22-15-24(12-11-21(22)14-20)29-13-5-4-8-19-6-2-1-3-7-19;/h1-3,6-7,11-12,14-15,23H,4-5,8-10,13,16-18H2,(H,27,28);1H. The van der Waals surface area contributed by atoms with Crippen molar-refractivity contribution in [3.8, 4) is 5.75 Å². The van der Waals surface area contributed by atoms with Crippen LogP contribution in [0.5, 0.6) is 5.75 Å². The Kier molecular flexibility index (Phi) is 7.94. The second-order valence-electron chi connectivity index (χ2n) is 8.18. The van der Waals surface area contributed by atoms with Gasteiger partial charge in [-0.05, 0) is 60.9 Å². The van der Waals surface area contributed by atoms with E-state index in [0.717, 1.165) is 51.0 Å². The maximum atomic E-state index is 10.9. The van der Waals surface area contributed by atoms with Crippen LogP contribution >= 0.6 is 12.4 Å². The lowest BCUT2D eigenvalue weighted by molar-refractivity contribution is -0.147. The molecule has 1 fully saturated rings. The first kappa shape index (κ1) is 22.4. The molecule has 0 spiro atoms. The summed E-state index contributed by atoms with van der Waals surface area (Å²) in [5.74, 6) is 0.114. The predicted molar refractivity (Wildman–Crippen MR) is 122 cm³/mol. The van der Waals surface area contributed by atoms with E-state index in [-0.39, 0.29) is 18.3 Å². The average Bonchev–Trinajstić information content (AvgIpc) is 2.70. The average molecular weight is 428 g/mol. The molecule has 1 heterocycles. The van der Waals surface area contributed by atoms with Crippen molar-refractivity contribution in [1.82, 2.24) is 4.90 Å². The van der Waals surface area contributed by atoms with E-state index in [4.69, 9.17) is 9.84 Å². The zero-order chi connectivity index (χ0) is 20.1. The van der Waals surface area contributed by atoms with E-state index in [0.29, 0.717) is 13.1 Å². The molecule has 1 aliphatic heterocycles. The van der Waals surface area contributed by atoms with Crippen molar-refractivity contribution in [2.75, 3.05) is 26.2 Å². The first-order chi connectivity index (χ1) is 14.2. The number of likely N-dealkylation sites (tertiary alicyclic amines) is 1. The molecule has 0 atom stereocenters. The van der Waals surface area contributed by atoms with Gasteiger partial charge in [0.2, 0.25) is 0 Å². The van der Waals surface area contributed by atoms with Crippen LogP contribution in [-0.2, 0) is 17.6 Å². The molecule has 0 unspecified atom stereocenters. The van der Waals surface area contributed by atoms with Crippen LogP contribution in [0.15, 0.2) is 54.1 Å². The molecule has 160 valence electrons. The van der Waals surface area contributed by atoms with E-state index in [2.05, 4.69) is 59.5 Å². The van der Waals surface area contributed by atoms with Gasteiger partial charge in [-0.2, -0.15) is 0 Å². The number of carbonyl (C=O) groups is 1. The number of rotatable bonds is 9. The molecule has 2 aromatic rings. The van der Waals surface area contributed by atoms with E-state index >= 15 is 0 Å². The van der Waals surface area contributed by atoms with Crippen molar-refractivity contribution in [1.29, 1.82) is 0 Å². The summed E-state index contributed by atoms with van der Waals surface area (Å²) in [6, 6.07) is 17.0. The van der Waals surface area contributed by atoms with E-state index in [1.165, 1.54) is 22.3 Å². The SMILES string of the molecule is Cl.O=C(O)C1CN(CC2=Cc3ccc(OCCCCc4ccccc4)cc3CC2)C1. The number of hydrogen-bond donors (Lipinski definition) is 1. The summed E-state index contributed by atoms with van der Waals surface area (Å²) in [6.07, 6.45) is 7.65. The largest absolute Gasteiger partial charge is 0.494 e. The Bertz CT molecular complexity index is 875. The minimum atomic E-state index is -0.670. The van der Waals surface area contributed by atoms with Gasteiger partial charge in [-0.25, -0.2) is 0 Å². The van der Waals surface area contributed by atoms with E-state index < -0.39 is 5.97 Å². The Hall–Kier alpha value is -2.30. The predicted octanol–water partition coefficient (Wildman–Crippen LogP) is 4.86. The molecule has 0 aromatic heterocycles. The molecule has 0 amide bonds. The summed E-state index contributed by atoms with van der Waals surface area (Å²) < 4.78 is 5.98. The van der Waals surface area contributed by atoms with Gasteiger partial charge < -0.3 is 9.84 Å². The number of halogens is 1. The Labute approximate surface area is 185 Å². The highest BCUT2D eigenvalue weighted by Gasteiger charge is 2.32. The van der Waals surface area contributed by atoms with Crippen LogP contribution in [-0.4, -0.2) is 42.2 Å². The minimum absolute atomic E-state index is 0. The molecule has 0 saturated carbocycles. The van der Waals surface area contributed by atoms with Gasteiger partial charge in [0.25, 0.3) is 0 Å². The number of hydrogen-bond acceptors (Lipinski definition) is 3. The van der Waals surface area contributed by atoms with Gasteiger partial charge in [0.05, 0.1) is 12.5 Å². The molecule has 0 bridgehead atoms. The first-order valence-electron chi connectivity index (χ1n) is 10.6.